The molecule has 0 aliphatic rings. The van der Waals surface area contributed by atoms with E-state index in [9.17, 15) is 5.11 Å². The summed E-state index contributed by atoms with van der Waals surface area (Å²) in [5.74, 6) is 0. The maximum absolute atomic E-state index is 9.65. The Morgan fingerprint density at radius 2 is 1.54 bits per heavy atom. The van der Waals surface area contributed by atoms with E-state index < -0.39 is 5.60 Å². The van der Waals surface area contributed by atoms with Gasteiger partial charge in [-0.05, 0) is 33.3 Å². The zero-order chi connectivity index (χ0) is 10.1. The van der Waals surface area contributed by atoms with Crippen molar-refractivity contribution < 1.29 is 5.11 Å². The number of benzene rings is 1. The first-order chi connectivity index (χ1) is 5.87. The predicted octanol–water partition coefficient (Wildman–Crippen LogP) is 2.62. The van der Waals surface area contributed by atoms with Gasteiger partial charge in [0, 0.05) is 6.42 Å². The lowest BCUT2D eigenvalue weighted by Gasteiger charge is -2.17. The Labute approximate surface area is 80.4 Å². The summed E-state index contributed by atoms with van der Waals surface area (Å²) < 4.78 is 0. The number of hydrogen-bond acceptors (Lipinski definition) is 1. The fourth-order valence-corrected chi connectivity index (χ4v) is 1.67. The Balaban J connectivity index is 2.90. The SMILES string of the molecule is Cc1cc(C)cc(CC(C)(C)O)c1. The van der Waals surface area contributed by atoms with Gasteiger partial charge in [0.2, 0.25) is 0 Å². The van der Waals surface area contributed by atoms with Gasteiger partial charge in [-0.15, -0.1) is 0 Å². The third-order valence-corrected chi connectivity index (χ3v) is 1.92. The van der Waals surface area contributed by atoms with Crippen molar-refractivity contribution in [2.24, 2.45) is 0 Å². The average Bonchev–Trinajstić information content (AvgIpc) is 1.78. The van der Waals surface area contributed by atoms with Crippen LogP contribution in [0.2, 0.25) is 0 Å². The van der Waals surface area contributed by atoms with Crippen LogP contribution in [0.3, 0.4) is 0 Å². The maximum Gasteiger partial charge on any atom is 0.0631 e. The lowest BCUT2D eigenvalue weighted by Crippen LogP contribution is -2.21. The summed E-state index contributed by atoms with van der Waals surface area (Å²) in [4.78, 5) is 0. The molecule has 0 amide bonds. The Hall–Kier alpha value is -0.820. The molecule has 1 nitrogen and oxygen atoms in total. The minimum atomic E-state index is -0.611. The molecule has 0 bridgehead atoms. The fraction of sp³-hybridized carbons (Fsp3) is 0.500. The van der Waals surface area contributed by atoms with Gasteiger partial charge in [0.1, 0.15) is 0 Å². The molecular formula is C12H18O. The van der Waals surface area contributed by atoms with E-state index in [1.54, 1.807) is 0 Å². The standard InChI is InChI=1S/C12H18O/c1-9-5-10(2)7-11(6-9)8-12(3,4)13/h5-7,13H,8H2,1-4H3. The van der Waals surface area contributed by atoms with E-state index in [0.717, 1.165) is 6.42 Å². The molecule has 0 heterocycles. The van der Waals surface area contributed by atoms with Crippen LogP contribution in [0.5, 0.6) is 0 Å². The first-order valence-electron chi connectivity index (χ1n) is 4.66. The summed E-state index contributed by atoms with van der Waals surface area (Å²) in [7, 11) is 0. The molecule has 0 saturated heterocycles. The Bertz CT molecular complexity index is 274. The van der Waals surface area contributed by atoms with Gasteiger partial charge >= 0.3 is 0 Å². The van der Waals surface area contributed by atoms with Crippen LogP contribution in [0, 0.1) is 13.8 Å². The van der Waals surface area contributed by atoms with Crippen molar-refractivity contribution in [2.75, 3.05) is 0 Å². The van der Waals surface area contributed by atoms with E-state index >= 15 is 0 Å². The molecule has 0 aliphatic carbocycles. The van der Waals surface area contributed by atoms with Crippen LogP contribution in [0.4, 0.5) is 0 Å². The number of aliphatic hydroxyl groups is 1. The molecule has 0 radical (unpaired) electrons. The van der Waals surface area contributed by atoms with Gasteiger partial charge < -0.3 is 5.11 Å². The van der Waals surface area contributed by atoms with Crippen LogP contribution in [0.1, 0.15) is 30.5 Å². The summed E-state index contributed by atoms with van der Waals surface area (Å²) in [5.41, 5.74) is 3.13. The van der Waals surface area contributed by atoms with Crippen molar-refractivity contribution in [3.05, 3.63) is 34.9 Å². The largest absolute Gasteiger partial charge is 0.390 e. The van der Waals surface area contributed by atoms with Gasteiger partial charge in [-0.1, -0.05) is 29.3 Å². The van der Waals surface area contributed by atoms with Crippen LogP contribution in [0.25, 0.3) is 0 Å². The molecule has 0 saturated carbocycles. The second-order valence-corrected chi connectivity index (χ2v) is 4.49. The normalized spacial score (nSPS) is 11.8. The predicted molar refractivity (Wildman–Crippen MR) is 55.9 cm³/mol. The molecule has 13 heavy (non-hydrogen) atoms. The first kappa shape index (κ1) is 10.3. The summed E-state index contributed by atoms with van der Waals surface area (Å²) >= 11 is 0. The van der Waals surface area contributed by atoms with Crippen LogP contribution >= 0.6 is 0 Å². The van der Waals surface area contributed by atoms with Crippen molar-refractivity contribution in [2.45, 2.75) is 39.7 Å². The summed E-state index contributed by atoms with van der Waals surface area (Å²) in [6.45, 7) is 7.84. The molecule has 0 aliphatic heterocycles. The van der Waals surface area contributed by atoms with Crippen molar-refractivity contribution in [3.63, 3.8) is 0 Å². The second kappa shape index (κ2) is 3.51. The summed E-state index contributed by atoms with van der Waals surface area (Å²) in [6, 6.07) is 6.41. The van der Waals surface area contributed by atoms with E-state index in [1.807, 2.05) is 13.8 Å². The molecule has 1 aromatic rings. The quantitative estimate of drug-likeness (QED) is 0.738. The molecular weight excluding hydrogens is 160 g/mol. The molecule has 0 unspecified atom stereocenters. The topological polar surface area (TPSA) is 20.2 Å². The smallest absolute Gasteiger partial charge is 0.0631 e. The Morgan fingerprint density at radius 3 is 1.92 bits per heavy atom. The summed E-state index contributed by atoms with van der Waals surface area (Å²) in [6.07, 6.45) is 0.718. The van der Waals surface area contributed by atoms with Gasteiger partial charge in [-0.25, -0.2) is 0 Å². The third kappa shape index (κ3) is 3.60. The van der Waals surface area contributed by atoms with Gasteiger partial charge in [0.15, 0.2) is 0 Å². The molecule has 0 aromatic heterocycles. The van der Waals surface area contributed by atoms with E-state index in [4.69, 9.17) is 0 Å². The fourth-order valence-electron chi connectivity index (χ4n) is 1.67. The van der Waals surface area contributed by atoms with Crippen molar-refractivity contribution in [1.29, 1.82) is 0 Å². The number of aryl methyl sites for hydroxylation is 2. The highest BCUT2D eigenvalue weighted by Crippen LogP contribution is 2.15. The molecule has 0 spiro atoms. The third-order valence-electron chi connectivity index (χ3n) is 1.92. The van der Waals surface area contributed by atoms with Crippen LogP contribution in [0.15, 0.2) is 18.2 Å². The zero-order valence-electron chi connectivity index (χ0n) is 8.89. The van der Waals surface area contributed by atoms with Gasteiger partial charge in [-0.2, -0.15) is 0 Å². The van der Waals surface area contributed by atoms with E-state index in [1.165, 1.54) is 16.7 Å². The lowest BCUT2D eigenvalue weighted by atomic mass is 9.96. The molecule has 1 rings (SSSR count). The molecule has 1 N–H and O–H groups in total. The molecule has 1 heteroatoms. The van der Waals surface area contributed by atoms with Crippen LogP contribution < -0.4 is 0 Å². The molecule has 1 aromatic carbocycles. The monoisotopic (exact) mass is 178 g/mol. The van der Waals surface area contributed by atoms with E-state index in [0.29, 0.717) is 0 Å². The molecule has 0 atom stereocenters. The van der Waals surface area contributed by atoms with Crippen LogP contribution in [-0.4, -0.2) is 10.7 Å². The van der Waals surface area contributed by atoms with Crippen molar-refractivity contribution in [1.82, 2.24) is 0 Å². The summed E-state index contributed by atoms with van der Waals surface area (Å²) in [5, 5.41) is 9.65. The minimum Gasteiger partial charge on any atom is -0.390 e. The van der Waals surface area contributed by atoms with E-state index in [-0.39, 0.29) is 0 Å². The minimum absolute atomic E-state index is 0.611. The second-order valence-electron chi connectivity index (χ2n) is 4.49. The van der Waals surface area contributed by atoms with E-state index in [2.05, 4.69) is 32.0 Å². The molecule has 72 valence electrons. The maximum atomic E-state index is 9.65. The van der Waals surface area contributed by atoms with Crippen molar-refractivity contribution in [3.8, 4) is 0 Å². The zero-order valence-corrected chi connectivity index (χ0v) is 8.89. The van der Waals surface area contributed by atoms with Gasteiger partial charge in [0.05, 0.1) is 5.60 Å². The van der Waals surface area contributed by atoms with Gasteiger partial charge in [0.25, 0.3) is 0 Å². The van der Waals surface area contributed by atoms with Crippen LogP contribution in [-0.2, 0) is 6.42 Å². The Morgan fingerprint density at radius 1 is 1.08 bits per heavy atom. The Kier molecular flexibility index (Phi) is 2.77. The number of hydrogen-bond donors (Lipinski definition) is 1. The first-order valence-corrected chi connectivity index (χ1v) is 4.66. The highest BCUT2D eigenvalue weighted by atomic mass is 16.3. The average molecular weight is 178 g/mol. The number of rotatable bonds is 2. The lowest BCUT2D eigenvalue weighted by molar-refractivity contribution is 0.0810. The van der Waals surface area contributed by atoms with Gasteiger partial charge in [-0.3, -0.25) is 0 Å². The highest BCUT2D eigenvalue weighted by molar-refractivity contribution is 5.29. The van der Waals surface area contributed by atoms with Crippen molar-refractivity contribution >= 4 is 0 Å². The highest BCUT2D eigenvalue weighted by Gasteiger charge is 2.13. The molecule has 0 fully saturated rings.